The number of fused-ring (bicyclic) bond motifs is 7. The molecular formula is C49H31N3O2. The third-order valence-corrected chi connectivity index (χ3v) is 10.4. The van der Waals surface area contributed by atoms with Gasteiger partial charge < -0.3 is 18.3 Å². The molecule has 3 heterocycles. The van der Waals surface area contributed by atoms with Gasteiger partial charge in [-0.1, -0.05) is 97.1 Å². The highest BCUT2D eigenvalue weighted by Crippen LogP contribution is 2.41. The lowest BCUT2D eigenvalue weighted by atomic mass is 10.0. The van der Waals surface area contributed by atoms with Gasteiger partial charge in [-0.15, -0.1) is 0 Å². The van der Waals surface area contributed by atoms with Gasteiger partial charge in [-0.2, -0.15) is 0 Å². The molecule has 11 rings (SSSR count). The lowest BCUT2D eigenvalue weighted by molar-refractivity contribution is 0.620. The molecule has 0 saturated carbocycles. The van der Waals surface area contributed by atoms with Crippen LogP contribution in [0, 0.1) is 0 Å². The van der Waals surface area contributed by atoms with E-state index in [0.717, 1.165) is 78.0 Å². The van der Waals surface area contributed by atoms with E-state index in [2.05, 4.69) is 155 Å². The fraction of sp³-hybridized carbons (Fsp3) is 0. The first-order chi connectivity index (χ1) is 26.7. The Hall–Kier alpha value is -7.37. The van der Waals surface area contributed by atoms with Crippen LogP contribution in [-0.2, 0) is 0 Å². The summed E-state index contributed by atoms with van der Waals surface area (Å²) < 4.78 is 15.0. The van der Waals surface area contributed by atoms with Crippen molar-refractivity contribution in [3.63, 3.8) is 0 Å². The van der Waals surface area contributed by atoms with E-state index in [1.165, 1.54) is 16.3 Å². The largest absolute Gasteiger partial charge is 0.456 e. The minimum atomic E-state index is 0.607. The molecule has 5 heteroatoms. The molecule has 0 bridgehead atoms. The molecule has 0 aliphatic heterocycles. The van der Waals surface area contributed by atoms with Gasteiger partial charge in [0.1, 0.15) is 16.7 Å². The van der Waals surface area contributed by atoms with Crippen LogP contribution < -0.4 is 4.90 Å². The van der Waals surface area contributed by atoms with Gasteiger partial charge in [0, 0.05) is 55.9 Å². The molecule has 0 spiro atoms. The molecule has 3 aromatic heterocycles. The smallest absolute Gasteiger partial charge is 0.227 e. The highest BCUT2D eigenvalue weighted by Gasteiger charge is 2.18. The molecular weight excluding hydrogens is 663 g/mol. The Balaban J connectivity index is 0.977. The molecule has 254 valence electrons. The number of hydrogen-bond donors (Lipinski definition) is 0. The van der Waals surface area contributed by atoms with Crippen molar-refractivity contribution in [2.75, 3.05) is 4.90 Å². The summed E-state index contributed by atoms with van der Waals surface area (Å²) in [4.78, 5) is 7.07. The summed E-state index contributed by atoms with van der Waals surface area (Å²) in [6.07, 6.45) is 0. The van der Waals surface area contributed by atoms with Crippen LogP contribution >= 0.6 is 0 Å². The van der Waals surface area contributed by atoms with Gasteiger partial charge in [0.15, 0.2) is 5.58 Å². The summed E-state index contributed by atoms with van der Waals surface area (Å²) >= 11 is 0. The molecule has 0 N–H and O–H groups in total. The Morgan fingerprint density at radius 1 is 0.389 bits per heavy atom. The van der Waals surface area contributed by atoms with Gasteiger partial charge in [0.25, 0.3) is 0 Å². The maximum absolute atomic E-state index is 6.42. The van der Waals surface area contributed by atoms with Crippen molar-refractivity contribution in [2.45, 2.75) is 0 Å². The molecule has 0 aliphatic carbocycles. The van der Waals surface area contributed by atoms with Crippen molar-refractivity contribution < 1.29 is 8.83 Å². The number of aromatic nitrogens is 2. The van der Waals surface area contributed by atoms with Crippen molar-refractivity contribution in [2.24, 2.45) is 0 Å². The number of benzene rings is 8. The third kappa shape index (κ3) is 4.90. The number of rotatable bonds is 6. The van der Waals surface area contributed by atoms with E-state index in [9.17, 15) is 0 Å². The first kappa shape index (κ1) is 30.3. The fourth-order valence-corrected chi connectivity index (χ4v) is 7.86. The lowest BCUT2D eigenvalue weighted by Crippen LogP contribution is -2.10. The van der Waals surface area contributed by atoms with Crippen LogP contribution in [0.15, 0.2) is 197 Å². The van der Waals surface area contributed by atoms with E-state index in [-0.39, 0.29) is 0 Å². The normalized spacial score (nSPS) is 11.7. The molecule has 8 aromatic carbocycles. The molecule has 0 saturated heterocycles. The predicted octanol–water partition coefficient (Wildman–Crippen LogP) is 13.6. The molecule has 0 amide bonds. The SMILES string of the molecule is c1ccc(-c2nc3cc4oc5cc(-c6ccc(N(c7ccccc7)c7ccc8c9ccccc9n(-c9ccccc9)c8c7)cc6)ccc5c4cc3o2)cc1. The van der Waals surface area contributed by atoms with Gasteiger partial charge in [-0.25, -0.2) is 4.98 Å². The van der Waals surface area contributed by atoms with Gasteiger partial charge in [0.05, 0.1) is 11.0 Å². The maximum atomic E-state index is 6.42. The van der Waals surface area contributed by atoms with E-state index in [0.29, 0.717) is 5.89 Å². The number of oxazole rings is 1. The molecule has 0 unspecified atom stereocenters. The Morgan fingerprint density at radius 2 is 1.02 bits per heavy atom. The molecule has 54 heavy (non-hydrogen) atoms. The second kappa shape index (κ2) is 12.1. The summed E-state index contributed by atoms with van der Waals surface area (Å²) in [5.74, 6) is 0.607. The Morgan fingerprint density at radius 3 is 1.83 bits per heavy atom. The quantitative estimate of drug-likeness (QED) is 0.174. The van der Waals surface area contributed by atoms with Crippen LogP contribution in [0.25, 0.3) is 83.1 Å². The van der Waals surface area contributed by atoms with Crippen LogP contribution in [0.2, 0.25) is 0 Å². The van der Waals surface area contributed by atoms with E-state index < -0.39 is 0 Å². The topological polar surface area (TPSA) is 47.3 Å². The summed E-state index contributed by atoms with van der Waals surface area (Å²) in [5.41, 5.74) is 13.0. The number of para-hydroxylation sites is 3. The summed E-state index contributed by atoms with van der Waals surface area (Å²) in [6, 6.07) is 65.8. The standard InChI is InChI=1S/C49H31N3O2/c1-4-12-33(13-5-1)49-50-43-31-47-42(30-48(43)54-49)41-26-22-34(28-46(41)53-47)32-20-23-37(24-21-32)51(35-14-6-2-7-15-35)38-25-27-40-39-18-10-11-19-44(39)52(45(40)29-38)36-16-8-3-9-17-36/h1-31H. The van der Waals surface area contributed by atoms with E-state index in [1.54, 1.807) is 0 Å². The van der Waals surface area contributed by atoms with Crippen molar-refractivity contribution in [3.8, 4) is 28.3 Å². The van der Waals surface area contributed by atoms with Gasteiger partial charge in [0.2, 0.25) is 5.89 Å². The highest BCUT2D eigenvalue weighted by molar-refractivity contribution is 6.11. The predicted molar refractivity (Wildman–Crippen MR) is 221 cm³/mol. The van der Waals surface area contributed by atoms with Crippen LogP contribution in [0.3, 0.4) is 0 Å². The molecule has 0 aliphatic rings. The van der Waals surface area contributed by atoms with E-state index >= 15 is 0 Å². The van der Waals surface area contributed by atoms with Crippen LogP contribution in [-0.4, -0.2) is 9.55 Å². The zero-order valence-corrected chi connectivity index (χ0v) is 29.1. The Labute approximate surface area is 310 Å². The van der Waals surface area contributed by atoms with Crippen molar-refractivity contribution >= 4 is 71.9 Å². The van der Waals surface area contributed by atoms with Crippen LogP contribution in [0.1, 0.15) is 0 Å². The molecule has 0 fully saturated rings. The fourth-order valence-electron chi connectivity index (χ4n) is 7.86. The summed E-state index contributed by atoms with van der Waals surface area (Å²) in [5, 5.41) is 4.52. The second-order valence-corrected chi connectivity index (χ2v) is 13.6. The van der Waals surface area contributed by atoms with Crippen molar-refractivity contribution in [3.05, 3.63) is 188 Å². The first-order valence-corrected chi connectivity index (χ1v) is 18.1. The average Bonchev–Trinajstić information content (AvgIpc) is 3.92. The summed E-state index contributed by atoms with van der Waals surface area (Å²) in [6.45, 7) is 0. The van der Waals surface area contributed by atoms with Crippen LogP contribution in [0.5, 0.6) is 0 Å². The lowest BCUT2D eigenvalue weighted by Gasteiger charge is -2.26. The minimum absolute atomic E-state index is 0.607. The average molecular weight is 694 g/mol. The molecule has 5 nitrogen and oxygen atoms in total. The zero-order chi connectivity index (χ0) is 35.6. The number of hydrogen-bond acceptors (Lipinski definition) is 4. The van der Waals surface area contributed by atoms with Gasteiger partial charge in [-0.3, -0.25) is 0 Å². The number of nitrogens with zero attached hydrogens (tertiary/aromatic N) is 3. The first-order valence-electron chi connectivity index (χ1n) is 18.1. The van der Waals surface area contributed by atoms with Crippen molar-refractivity contribution in [1.82, 2.24) is 9.55 Å². The molecule has 0 atom stereocenters. The number of anilines is 3. The third-order valence-electron chi connectivity index (χ3n) is 10.4. The number of furan rings is 1. The van der Waals surface area contributed by atoms with E-state index in [4.69, 9.17) is 13.8 Å². The highest BCUT2D eigenvalue weighted by atomic mass is 16.4. The Kier molecular flexibility index (Phi) is 6.79. The summed E-state index contributed by atoms with van der Waals surface area (Å²) in [7, 11) is 0. The second-order valence-electron chi connectivity index (χ2n) is 13.6. The Bertz CT molecular complexity index is 3140. The van der Waals surface area contributed by atoms with Gasteiger partial charge in [-0.05, 0) is 96.1 Å². The maximum Gasteiger partial charge on any atom is 0.227 e. The van der Waals surface area contributed by atoms with Crippen LogP contribution in [0.4, 0.5) is 17.1 Å². The molecule has 11 aromatic rings. The molecule has 0 radical (unpaired) electrons. The van der Waals surface area contributed by atoms with E-state index in [1.807, 2.05) is 42.5 Å². The van der Waals surface area contributed by atoms with Crippen molar-refractivity contribution in [1.29, 1.82) is 0 Å². The van der Waals surface area contributed by atoms with Gasteiger partial charge >= 0.3 is 0 Å². The monoisotopic (exact) mass is 693 g/mol. The minimum Gasteiger partial charge on any atom is -0.456 e. The zero-order valence-electron chi connectivity index (χ0n) is 29.1.